The van der Waals surface area contributed by atoms with Gasteiger partial charge in [0.2, 0.25) is 0 Å². The van der Waals surface area contributed by atoms with E-state index in [0.29, 0.717) is 31.1 Å². The molecule has 1 aromatic carbocycles. The lowest BCUT2D eigenvalue weighted by Gasteiger charge is -2.36. The van der Waals surface area contributed by atoms with Gasteiger partial charge in [0.15, 0.2) is 5.82 Å². The van der Waals surface area contributed by atoms with Crippen LogP contribution in [0.4, 0.5) is 9.18 Å². The first kappa shape index (κ1) is 18.2. The van der Waals surface area contributed by atoms with Gasteiger partial charge in [-0.1, -0.05) is 6.07 Å². The van der Waals surface area contributed by atoms with Crippen LogP contribution in [0.2, 0.25) is 0 Å². The number of piperazine rings is 1. The molecule has 0 atom stereocenters. The number of hydrogen-bond acceptors (Lipinski definition) is 5. The first-order chi connectivity index (χ1) is 12.3. The van der Waals surface area contributed by atoms with E-state index in [9.17, 15) is 9.18 Å². The van der Waals surface area contributed by atoms with Crippen LogP contribution in [-0.2, 0) is 6.54 Å². The number of carbonyl (C=O) groups excluding carboxylic acids is 1. The fraction of sp³-hybridized carbons (Fsp3) is 0.529. The van der Waals surface area contributed by atoms with Crippen LogP contribution >= 0.6 is 0 Å². The minimum atomic E-state index is -0.331. The number of aromatic nitrogens is 4. The number of benzene rings is 1. The van der Waals surface area contributed by atoms with Gasteiger partial charge in [0.1, 0.15) is 5.82 Å². The van der Waals surface area contributed by atoms with Crippen molar-refractivity contribution in [3.8, 4) is 5.69 Å². The smallest absolute Gasteiger partial charge is 0.317 e. The monoisotopic (exact) mass is 361 g/mol. The maximum atomic E-state index is 13.4. The zero-order valence-corrected chi connectivity index (χ0v) is 15.3. The molecule has 8 nitrogen and oxygen atoms in total. The van der Waals surface area contributed by atoms with Crippen molar-refractivity contribution in [1.29, 1.82) is 0 Å². The summed E-state index contributed by atoms with van der Waals surface area (Å²) in [4.78, 5) is 16.2. The third kappa shape index (κ3) is 4.54. The Kier molecular flexibility index (Phi) is 5.17. The maximum Gasteiger partial charge on any atom is 0.317 e. The number of nitrogens with one attached hydrogen (secondary N) is 1. The van der Waals surface area contributed by atoms with Crippen LogP contribution in [0.25, 0.3) is 5.69 Å². The van der Waals surface area contributed by atoms with E-state index in [1.165, 1.54) is 12.1 Å². The van der Waals surface area contributed by atoms with Crippen LogP contribution in [0.1, 0.15) is 26.6 Å². The van der Waals surface area contributed by atoms with Crippen molar-refractivity contribution < 1.29 is 9.18 Å². The van der Waals surface area contributed by atoms with Crippen LogP contribution in [0.15, 0.2) is 24.3 Å². The molecule has 140 valence electrons. The molecule has 0 spiro atoms. The maximum absolute atomic E-state index is 13.4. The van der Waals surface area contributed by atoms with Gasteiger partial charge in [0.25, 0.3) is 0 Å². The van der Waals surface area contributed by atoms with E-state index >= 15 is 0 Å². The van der Waals surface area contributed by atoms with Gasteiger partial charge >= 0.3 is 6.03 Å². The SMILES string of the molecule is CC(C)(C)NC(=O)N1CCN(Cc2nnnn2-c2cccc(F)c2)CC1. The molecule has 0 saturated carbocycles. The lowest BCUT2D eigenvalue weighted by molar-refractivity contribution is 0.129. The molecule has 1 aliphatic heterocycles. The quantitative estimate of drug-likeness (QED) is 0.895. The summed E-state index contributed by atoms with van der Waals surface area (Å²) in [5.41, 5.74) is 0.342. The highest BCUT2D eigenvalue weighted by Gasteiger charge is 2.25. The van der Waals surface area contributed by atoms with Gasteiger partial charge < -0.3 is 10.2 Å². The molecule has 1 fully saturated rings. The molecular weight excluding hydrogens is 337 g/mol. The Morgan fingerprint density at radius 2 is 1.96 bits per heavy atom. The standard InChI is InChI=1S/C17H24FN7O/c1-17(2,3)19-16(26)24-9-7-23(8-10-24)12-15-20-21-22-25(15)14-6-4-5-13(18)11-14/h4-6,11H,7-10,12H2,1-3H3,(H,19,26). The van der Waals surface area contributed by atoms with Gasteiger partial charge in [-0.25, -0.2) is 9.18 Å². The van der Waals surface area contributed by atoms with Crippen molar-refractivity contribution in [1.82, 2.24) is 35.3 Å². The number of urea groups is 1. The van der Waals surface area contributed by atoms with Crippen LogP contribution in [0.3, 0.4) is 0 Å². The topological polar surface area (TPSA) is 79.2 Å². The Labute approximate surface area is 152 Å². The lowest BCUT2D eigenvalue weighted by atomic mass is 10.1. The molecule has 3 rings (SSSR count). The first-order valence-corrected chi connectivity index (χ1v) is 8.64. The van der Waals surface area contributed by atoms with Crippen molar-refractivity contribution in [2.45, 2.75) is 32.9 Å². The number of halogens is 1. The molecule has 0 radical (unpaired) electrons. The zero-order valence-electron chi connectivity index (χ0n) is 15.3. The molecule has 2 amide bonds. The van der Waals surface area contributed by atoms with Crippen molar-refractivity contribution >= 4 is 6.03 Å². The second kappa shape index (κ2) is 7.36. The molecule has 1 aromatic heterocycles. The number of rotatable bonds is 3. The summed E-state index contributed by atoms with van der Waals surface area (Å²) in [5.74, 6) is 0.311. The van der Waals surface area contributed by atoms with Crippen LogP contribution in [0, 0.1) is 5.82 Å². The number of nitrogens with zero attached hydrogens (tertiary/aromatic N) is 6. The van der Waals surface area contributed by atoms with Gasteiger partial charge in [-0.05, 0) is 49.4 Å². The van der Waals surface area contributed by atoms with Crippen LogP contribution in [-0.4, -0.2) is 67.8 Å². The van der Waals surface area contributed by atoms with Gasteiger partial charge in [-0.2, -0.15) is 4.68 Å². The molecule has 2 aromatic rings. The summed E-state index contributed by atoms with van der Waals surface area (Å²) in [5, 5.41) is 14.7. The minimum absolute atomic E-state index is 0.0401. The normalized spacial score (nSPS) is 15.9. The van der Waals surface area contributed by atoms with E-state index in [4.69, 9.17) is 0 Å². The first-order valence-electron chi connectivity index (χ1n) is 8.64. The number of amides is 2. The fourth-order valence-electron chi connectivity index (χ4n) is 2.82. The van der Waals surface area contributed by atoms with Crippen LogP contribution in [0.5, 0.6) is 0 Å². The van der Waals surface area contributed by atoms with Crippen molar-refractivity contribution in [3.63, 3.8) is 0 Å². The predicted octanol–water partition coefficient (Wildman–Crippen LogP) is 1.43. The largest absolute Gasteiger partial charge is 0.333 e. The molecule has 0 bridgehead atoms. The highest BCUT2D eigenvalue weighted by atomic mass is 19.1. The van der Waals surface area contributed by atoms with E-state index in [1.807, 2.05) is 25.7 Å². The third-order valence-electron chi connectivity index (χ3n) is 4.09. The molecule has 0 aliphatic carbocycles. The van der Waals surface area contributed by atoms with Crippen LogP contribution < -0.4 is 5.32 Å². The van der Waals surface area contributed by atoms with E-state index in [2.05, 4.69) is 25.7 Å². The van der Waals surface area contributed by atoms with E-state index in [0.717, 1.165) is 13.1 Å². The summed E-state index contributed by atoms with van der Waals surface area (Å²) in [6, 6.07) is 6.13. The van der Waals surface area contributed by atoms with Gasteiger partial charge in [-0.15, -0.1) is 5.10 Å². The molecular formula is C17H24FN7O. The molecule has 26 heavy (non-hydrogen) atoms. The number of tetrazole rings is 1. The Hall–Kier alpha value is -2.55. The molecule has 0 unspecified atom stereocenters. The molecule has 1 aliphatic rings. The molecule has 1 saturated heterocycles. The second-order valence-electron chi connectivity index (χ2n) is 7.43. The zero-order chi connectivity index (χ0) is 18.7. The highest BCUT2D eigenvalue weighted by Crippen LogP contribution is 2.13. The summed E-state index contributed by atoms with van der Waals surface area (Å²) >= 11 is 0. The molecule has 1 N–H and O–H groups in total. The number of hydrogen-bond donors (Lipinski definition) is 1. The minimum Gasteiger partial charge on any atom is -0.333 e. The average molecular weight is 361 g/mol. The van der Waals surface area contributed by atoms with E-state index < -0.39 is 0 Å². The summed E-state index contributed by atoms with van der Waals surface area (Å²) in [6.45, 7) is 9.18. The summed E-state index contributed by atoms with van der Waals surface area (Å²) < 4.78 is 15.0. The average Bonchev–Trinajstić information content (AvgIpc) is 3.02. The molecule has 2 heterocycles. The Morgan fingerprint density at radius 3 is 2.62 bits per heavy atom. The molecule has 9 heteroatoms. The van der Waals surface area contributed by atoms with Gasteiger partial charge in [0, 0.05) is 31.7 Å². The predicted molar refractivity (Wildman–Crippen MR) is 94.2 cm³/mol. The van der Waals surface area contributed by atoms with Crippen molar-refractivity contribution in [2.75, 3.05) is 26.2 Å². The van der Waals surface area contributed by atoms with Crippen molar-refractivity contribution in [2.24, 2.45) is 0 Å². The fourth-order valence-corrected chi connectivity index (χ4v) is 2.82. The van der Waals surface area contributed by atoms with Crippen molar-refractivity contribution in [3.05, 3.63) is 35.9 Å². The van der Waals surface area contributed by atoms with E-state index in [1.54, 1.807) is 16.8 Å². The highest BCUT2D eigenvalue weighted by molar-refractivity contribution is 5.75. The summed E-state index contributed by atoms with van der Waals surface area (Å²) in [7, 11) is 0. The Balaban J connectivity index is 1.59. The van der Waals surface area contributed by atoms with E-state index in [-0.39, 0.29) is 17.4 Å². The lowest BCUT2D eigenvalue weighted by Crippen LogP contribution is -2.54. The Morgan fingerprint density at radius 1 is 1.23 bits per heavy atom. The number of carbonyl (C=O) groups is 1. The van der Waals surface area contributed by atoms with Gasteiger partial charge in [-0.3, -0.25) is 4.90 Å². The third-order valence-corrected chi connectivity index (χ3v) is 4.09. The van der Waals surface area contributed by atoms with Gasteiger partial charge in [0.05, 0.1) is 12.2 Å². The summed E-state index contributed by atoms with van der Waals surface area (Å²) in [6.07, 6.45) is 0. The second-order valence-corrected chi connectivity index (χ2v) is 7.43. The Bertz CT molecular complexity index is 762.